The molecule has 0 saturated heterocycles. The zero-order chi connectivity index (χ0) is 20.6. The molecule has 148 valence electrons. The number of hydrogen-bond donors (Lipinski definition) is 1. The number of thiophene rings is 1. The second-order valence-corrected chi connectivity index (χ2v) is 8.72. The number of hydrogen-bond acceptors (Lipinski definition) is 4. The number of aromatic nitrogens is 2. The molecule has 1 N–H and O–H groups in total. The normalized spacial score (nSPS) is 11.6. The van der Waals surface area contributed by atoms with Gasteiger partial charge >= 0.3 is 0 Å². The first-order chi connectivity index (χ1) is 13.9. The lowest BCUT2D eigenvalue weighted by molar-refractivity contribution is 0.0734. The molecule has 4 aromatic rings. The van der Waals surface area contributed by atoms with Crippen molar-refractivity contribution in [1.29, 1.82) is 0 Å². The van der Waals surface area contributed by atoms with E-state index in [0.717, 1.165) is 32.4 Å². The van der Waals surface area contributed by atoms with Crippen molar-refractivity contribution >= 4 is 22.9 Å². The molecule has 2 heterocycles. The van der Waals surface area contributed by atoms with E-state index in [-0.39, 0.29) is 0 Å². The summed E-state index contributed by atoms with van der Waals surface area (Å²) in [5.41, 5.74) is 2.32. The molecular formula is C23H21ClN2O2S. The fourth-order valence-corrected chi connectivity index (χ4v) is 4.28. The zero-order valence-electron chi connectivity index (χ0n) is 16.4. The molecule has 0 aliphatic rings. The second kappa shape index (κ2) is 7.67. The summed E-state index contributed by atoms with van der Waals surface area (Å²) in [5.74, 6) is 0.831. The number of benzene rings is 2. The molecule has 0 aliphatic carbocycles. The Labute approximate surface area is 179 Å². The molecule has 0 saturated carbocycles. The molecule has 4 rings (SSSR count). The first kappa shape index (κ1) is 19.7. The topological polar surface area (TPSA) is 47.3 Å². The predicted molar refractivity (Wildman–Crippen MR) is 119 cm³/mol. The lowest BCUT2D eigenvalue weighted by Crippen LogP contribution is -2.16. The summed E-state index contributed by atoms with van der Waals surface area (Å²) < 4.78 is 7.05. The van der Waals surface area contributed by atoms with E-state index >= 15 is 0 Å². The third-order valence-corrected chi connectivity index (χ3v) is 6.13. The number of methoxy groups -OCH3 is 1. The van der Waals surface area contributed by atoms with Crippen LogP contribution < -0.4 is 4.74 Å². The van der Waals surface area contributed by atoms with Gasteiger partial charge in [-0.1, -0.05) is 23.7 Å². The van der Waals surface area contributed by atoms with Crippen LogP contribution in [0.25, 0.3) is 26.7 Å². The summed E-state index contributed by atoms with van der Waals surface area (Å²) in [6.45, 7) is 3.46. The summed E-state index contributed by atoms with van der Waals surface area (Å²) in [5, 5.41) is 15.8. The van der Waals surface area contributed by atoms with Gasteiger partial charge in [0.25, 0.3) is 0 Å². The number of para-hydroxylation sites is 1. The van der Waals surface area contributed by atoms with Gasteiger partial charge in [0, 0.05) is 4.88 Å². The van der Waals surface area contributed by atoms with Gasteiger partial charge in [-0.2, -0.15) is 5.10 Å². The molecule has 0 aliphatic heterocycles. The number of halogens is 1. The molecule has 29 heavy (non-hydrogen) atoms. The maximum absolute atomic E-state index is 10.5. The van der Waals surface area contributed by atoms with Crippen LogP contribution >= 0.6 is 22.9 Å². The van der Waals surface area contributed by atoms with Crippen molar-refractivity contribution < 1.29 is 9.84 Å². The Hall–Kier alpha value is -2.60. The van der Waals surface area contributed by atoms with Gasteiger partial charge in [0.15, 0.2) is 0 Å². The molecule has 0 amide bonds. The average molecular weight is 425 g/mol. The lowest BCUT2D eigenvalue weighted by Gasteiger charge is -2.13. The third-order valence-electron chi connectivity index (χ3n) is 4.65. The van der Waals surface area contributed by atoms with Gasteiger partial charge in [-0.25, -0.2) is 4.68 Å². The lowest BCUT2D eigenvalue weighted by atomic mass is 10.1. The Morgan fingerprint density at radius 2 is 1.69 bits per heavy atom. The van der Waals surface area contributed by atoms with Crippen LogP contribution in [0.2, 0.25) is 5.02 Å². The van der Waals surface area contributed by atoms with Crippen molar-refractivity contribution in [2.24, 2.45) is 0 Å². The molecule has 0 fully saturated rings. The van der Waals surface area contributed by atoms with Crippen molar-refractivity contribution in [2.45, 2.75) is 19.4 Å². The Kier molecular flexibility index (Phi) is 5.21. The third kappa shape index (κ3) is 3.94. The highest BCUT2D eigenvalue weighted by molar-refractivity contribution is 7.18. The van der Waals surface area contributed by atoms with Gasteiger partial charge in [-0.05, 0) is 74.0 Å². The Balaban J connectivity index is 1.81. The van der Waals surface area contributed by atoms with Crippen molar-refractivity contribution in [3.63, 3.8) is 0 Å². The van der Waals surface area contributed by atoms with Crippen molar-refractivity contribution in [3.05, 3.63) is 77.4 Å². The first-order valence-corrected chi connectivity index (χ1v) is 10.4. The SMILES string of the molecule is COc1ccc(-c2ccc(-c3cc(C(C)(C)O)nn3-c3ccccc3Cl)s2)cc1. The summed E-state index contributed by atoms with van der Waals surface area (Å²) in [6, 6.07) is 21.7. The maximum Gasteiger partial charge on any atom is 0.118 e. The molecule has 0 radical (unpaired) electrons. The summed E-state index contributed by atoms with van der Waals surface area (Å²) in [7, 11) is 1.66. The Morgan fingerprint density at radius 3 is 2.34 bits per heavy atom. The van der Waals surface area contributed by atoms with Gasteiger partial charge in [0.2, 0.25) is 0 Å². The molecular weight excluding hydrogens is 404 g/mol. The zero-order valence-corrected chi connectivity index (χ0v) is 18.0. The number of ether oxygens (including phenoxy) is 1. The molecule has 0 atom stereocenters. The van der Waals surface area contributed by atoms with Gasteiger partial charge < -0.3 is 9.84 Å². The molecule has 2 aromatic heterocycles. The highest BCUT2D eigenvalue weighted by Crippen LogP contribution is 2.38. The van der Waals surface area contributed by atoms with Crippen LogP contribution in [0, 0.1) is 0 Å². The van der Waals surface area contributed by atoms with Crippen LogP contribution in [0.5, 0.6) is 5.75 Å². The number of nitrogens with zero attached hydrogens (tertiary/aromatic N) is 2. The van der Waals surface area contributed by atoms with Crippen LogP contribution in [-0.4, -0.2) is 22.0 Å². The molecule has 0 spiro atoms. The van der Waals surface area contributed by atoms with E-state index in [1.807, 2.05) is 54.6 Å². The minimum absolute atomic E-state index is 0.590. The highest BCUT2D eigenvalue weighted by atomic mass is 35.5. The smallest absolute Gasteiger partial charge is 0.118 e. The van der Waals surface area contributed by atoms with E-state index in [1.165, 1.54) is 0 Å². The van der Waals surface area contributed by atoms with E-state index in [4.69, 9.17) is 16.3 Å². The van der Waals surface area contributed by atoms with Crippen LogP contribution in [0.15, 0.2) is 66.7 Å². The van der Waals surface area contributed by atoms with E-state index < -0.39 is 5.60 Å². The average Bonchev–Trinajstić information content (AvgIpc) is 3.35. The Bertz CT molecular complexity index is 1140. The van der Waals surface area contributed by atoms with E-state index in [9.17, 15) is 5.11 Å². The summed E-state index contributed by atoms with van der Waals surface area (Å²) in [4.78, 5) is 2.18. The summed E-state index contributed by atoms with van der Waals surface area (Å²) in [6.07, 6.45) is 0. The van der Waals surface area contributed by atoms with Crippen LogP contribution in [0.1, 0.15) is 19.5 Å². The van der Waals surface area contributed by atoms with Crippen molar-refractivity contribution in [3.8, 4) is 32.4 Å². The highest BCUT2D eigenvalue weighted by Gasteiger charge is 2.24. The molecule has 0 bridgehead atoms. The summed E-state index contributed by atoms with van der Waals surface area (Å²) >= 11 is 8.10. The van der Waals surface area contributed by atoms with E-state index in [1.54, 1.807) is 37.0 Å². The van der Waals surface area contributed by atoms with Crippen molar-refractivity contribution in [2.75, 3.05) is 7.11 Å². The first-order valence-electron chi connectivity index (χ1n) is 9.19. The predicted octanol–water partition coefficient (Wildman–Crippen LogP) is 6.16. The van der Waals surface area contributed by atoms with Crippen LogP contribution in [0.3, 0.4) is 0 Å². The minimum atomic E-state index is -1.06. The standard InChI is InChI=1S/C23H21ClN2O2S/c1-23(2,27)22-14-19(26(25-22)18-7-5-4-6-17(18)24)21-13-12-20(29-21)15-8-10-16(28-3)11-9-15/h4-14,27H,1-3H3. The maximum atomic E-state index is 10.5. The Morgan fingerprint density at radius 1 is 1.00 bits per heavy atom. The quantitative estimate of drug-likeness (QED) is 0.417. The van der Waals surface area contributed by atoms with Gasteiger partial charge in [-0.15, -0.1) is 11.3 Å². The van der Waals surface area contributed by atoms with Gasteiger partial charge in [0.1, 0.15) is 11.4 Å². The van der Waals surface area contributed by atoms with Crippen LogP contribution in [-0.2, 0) is 5.60 Å². The molecule has 2 aromatic carbocycles. The second-order valence-electron chi connectivity index (χ2n) is 7.23. The minimum Gasteiger partial charge on any atom is -0.497 e. The largest absolute Gasteiger partial charge is 0.497 e. The number of aliphatic hydroxyl groups is 1. The monoisotopic (exact) mass is 424 g/mol. The fourth-order valence-electron chi connectivity index (χ4n) is 3.05. The molecule has 6 heteroatoms. The molecule has 0 unspecified atom stereocenters. The van der Waals surface area contributed by atoms with E-state index in [2.05, 4.69) is 17.2 Å². The fraction of sp³-hybridized carbons (Fsp3) is 0.174. The van der Waals surface area contributed by atoms with E-state index in [0.29, 0.717) is 10.7 Å². The number of rotatable bonds is 5. The van der Waals surface area contributed by atoms with Gasteiger partial charge in [0.05, 0.1) is 34.1 Å². The van der Waals surface area contributed by atoms with Crippen molar-refractivity contribution in [1.82, 2.24) is 9.78 Å². The van der Waals surface area contributed by atoms with Crippen LogP contribution in [0.4, 0.5) is 0 Å². The van der Waals surface area contributed by atoms with Gasteiger partial charge in [-0.3, -0.25) is 0 Å². The molecule has 4 nitrogen and oxygen atoms in total.